The van der Waals surface area contributed by atoms with Crippen molar-refractivity contribution < 1.29 is 4.74 Å². The van der Waals surface area contributed by atoms with E-state index in [1.54, 1.807) is 6.20 Å². The van der Waals surface area contributed by atoms with Crippen molar-refractivity contribution in [3.05, 3.63) is 48.0 Å². The molecule has 78 valence electrons. The van der Waals surface area contributed by atoms with Crippen LogP contribution in [0, 0.1) is 0 Å². The summed E-state index contributed by atoms with van der Waals surface area (Å²) in [6, 6.07) is 8.10. The van der Waals surface area contributed by atoms with Gasteiger partial charge in [-0.05, 0) is 24.6 Å². The van der Waals surface area contributed by atoms with E-state index in [1.165, 1.54) is 5.56 Å². The molecule has 3 nitrogen and oxygen atoms in total. The standard InChI is InChI=1S/C12H14N2O/c1-2-15-11-5-3-10(4-6-11)9-12-13-7-8-14-12/h3-8H,2,9H2,1H3,(H,13,14). The topological polar surface area (TPSA) is 37.9 Å². The van der Waals surface area contributed by atoms with Gasteiger partial charge in [-0.2, -0.15) is 0 Å². The summed E-state index contributed by atoms with van der Waals surface area (Å²) in [5, 5.41) is 0. The van der Waals surface area contributed by atoms with E-state index >= 15 is 0 Å². The number of H-pyrrole nitrogens is 1. The first-order valence-electron chi connectivity index (χ1n) is 5.08. The van der Waals surface area contributed by atoms with Crippen LogP contribution in [-0.4, -0.2) is 16.6 Å². The molecular formula is C12H14N2O. The molecule has 0 aliphatic carbocycles. The molecule has 0 saturated carbocycles. The Kier molecular flexibility index (Phi) is 3.02. The summed E-state index contributed by atoms with van der Waals surface area (Å²) in [5.74, 6) is 1.90. The first kappa shape index (κ1) is 9.77. The summed E-state index contributed by atoms with van der Waals surface area (Å²) in [6.07, 6.45) is 4.44. The molecule has 1 heterocycles. The number of aromatic amines is 1. The number of hydrogen-bond donors (Lipinski definition) is 1. The summed E-state index contributed by atoms with van der Waals surface area (Å²) >= 11 is 0. The molecule has 0 atom stereocenters. The van der Waals surface area contributed by atoms with E-state index in [4.69, 9.17) is 4.74 Å². The normalized spacial score (nSPS) is 10.2. The molecule has 0 spiro atoms. The molecule has 1 N–H and O–H groups in total. The van der Waals surface area contributed by atoms with Crippen molar-refractivity contribution in [2.75, 3.05) is 6.61 Å². The van der Waals surface area contributed by atoms with Gasteiger partial charge in [0.25, 0.3) is 0 Å². The van der Waals surface area contributed by atoms with Gasteiger partial charge in [0.1, 0.15) is 11.6 Å². The monoisotopic (exact) mass is 202 g/mol. The van der Waals surface area contributed by atoms with Crippen LogP contribution in [0.5, 0.6) is 5.75 Å². The predicted molar refractivity (Wildman–Crippen MR) is 59.0 cm³/mol. The Bertz CT molecular complexity index is 392. The first-order chi connectivity index (χ1) is 7.38. The lowest BCUT2D eigenvalue weighted by Gasteiger charge is -2.03. The summed E-state index contributed by atoms with van der Waals surface area (Å²) < 4.78 is 5.37. The number of ether oxygens (including phenoxy) is 1. The van der Waals surface area contributed by atoms with Crippen molar-refractivity contribution in [1.82, 2.24) is 9.97 Å². The third kappa shape index (κ3) is 2.59. The van der Waals surface area contributed by atoms with E-state index in [2.05, 4.69) is 22.1 Å². The minimum Gasteiger partial charge on any atom is -0.494 e. The molecule has 1 aromatic carbocycles. The Balaban J connectivity index is 2.04. The van der Waals surface area contributed by atoms with Crippen LogP contribution in [0.2, 0.25) is 0 Å². The quantitative estimate of drug-likeness (QED) is 0.826. The van der Waals surface area contributed by atoms with Crippen LogP contribution in [0.15, 0.2) is 36.7 Å². The molecule has 2 rings (SSSR count). The zero-order chi connectivity index (χ0) is 10.5. The van der Waals surface area contributed by atoms with E-state index in [0.717, 1.165) is 18.0 Å². The second-order valence-electron chi connectivity index (χ2n) is 3.29. The minimum absolute atomic E-state index is 0.706. The second-order valence-corrected chi connectivity index (χ2v) is 3.29. The van der Waals surface area contributed by atoms with Crippen molar-refractivity contribution in [2.24, 2.45) is 0 Å². The number of hydrogen-bond acceptors (Lipinski definition) is 2. The first-order valence-corrected chi connectivity index (χ1v) is 5.08. The lowest BCUT2D eigenvalue weighted by Crippen LogP contribution is -1.93. The van der Waals surface area contributed by atoms with Crippen LogP contribution in [-0.2, 0) is 6.42 Å². The summed E-state index contributed by atoms with van der Waals surface area (Å²) in [4.78, 5) is 7.27. The molecule has 0 radical (unpaired) electrons. The van der Waals surface area contributed by atoms with E-state index in [0.29, 0.717) is 6.61 Å². The lowest BCUT2D eigenvalue weighted by molar-refractivity contribution is 0.340. The van der Waals surface area contributed by atoms with E-state index in [9.17, 15) is 0 Å². The van der Waals surface area contributed by atoms with Gasteiger partial charge >= 0.3 is 0 Å². The Morgan fingerprint density at radius 1 is 1.27 bits per heavy atom. The highest BCUT2D eigenvalue weighted by Gasteiger charge is 1.98. The zero-order valence-electron chi connectivity index (χ0n) is 8.73. The highest BCUT2D eigenvalue weighted by molar-refractivity contribution is 5.28. The van der Waals surface area contributed by atoms with Crippen molar-refractivity contribution in [3.63, 3.8) is 0 Å². The van der Waals surface area contributed by atoms with E-state index < -0.39 is 0 Å². The highest BCUT2D eigenvalue weighted by atomic mass is 16.5. The molecule has 0 aliphatic heterocycles. The van der Waals surface area contributed by atoms with Gasteiger partial charge < -0.3 is 9.72 Å². The third-order valence-electron chi connectivity index (χ3n) is 2.16. The van der Waals surface area contributed by atoms with Gasteiger partial charge in [-0.1, -0.05) is 12.1 Å². The molecule has 0 fully saturated rings. The van der Waals surface area contributed by atoms with Gasteiger partial charge in [-0.3, -0.25) is 0 Å². The number of benzene rings is 1. The molecule has 3 heteroatoms. The van der Waals surface area contributed by atoms with Crippen LogP contribution >= 0.6 is 0 Å². The van der Waals surface area contributed by atoms with Crippen LogP contribution in [0.4, 0.5) is 0 Å². The number of imidazole rings is 1. The Morgan fingerprint density at radius 2 is 2.07 bits per heavy atom. The maximum Gasteiger partial charge on any atom is 0.119 e. The minimum atomic E-state index is 0.706. The van der Waals surface area contributed by atoms with Crippen molar-refractivity contribution in [1.29, 1.82) is 0 Å². The fourth-order valence-electron chi connectivity index (χ4n) is 1.46. The van der Waals surface area contributed by atoms with Crippen LogP contribution in [0.25, 0.3) is 0 Å². The van der Waals surface area contributed by atoms with Gasteiger partial charge in [-0.25, -0.2) is 4.98 Å². The Labute approximate surface area is 89.1 Å². The smallest absolute Gasteiger partial charge is 0.119 e. The Morgan fingerprint density at radius 3 is 2.67 bits per heavy atom. The Hall–Kier alpha value is -1.77. The number of nitrogens with one attached hydrogen (secondary N) is 1. The average molecular weight is 202 g/mol. The second kappa shape index (κ2) is 4.64. The fraction of sp³-hybridized carbons (Fsp3) is 0.250. The number of nitrogens with zero attached hydrogens (tertiary/aromatic N) is 1. The zero-order valence-corrected chi connectivity index (χ0v) is 8.73. The van der Waals surface area contributed by atoms with Gasteiger partial charge in [0, 0.05) is 18.8 Å². The van der Waals surface area contributed by atoms with Gasteiger partial charge in [0.05, 0.1) is 6.61 Å². The van der Waals surface area contributed by atoms with Crippen LogP contribution < -0.4 is 4.74 Å². The lowest BCUT2D eigenvalue weighted by atomic mass is 10.1. The summed E-state index contributed by atoms with van der Waals surface area (Å²) in [7, 11) is 0. The van der Waals surface area contributed by atoms with Gasteiger partial charge in [0.2, 0.25) is 0 Å². The molecule has 0 aliphatic rings. The van der Waals surface area contributed by atoms with Crippen molar-refractivity contribution in [3.8, 4) is 5.75 Å². The maximum atomic E-state index is 5.37. The van der Waals surface area contributed by atoms with Crippen LogP contribution in [0.3, 0.4) is 0 Å². The average Bonchev–Trinajstić information content (AvgIpc) is 2.74. The number of rotatable bonds is 4. The fourth-order valence-corrected chi connectivity index (χ4v) is 1.46. The van der Waals surface area contributed by atoms with Crippen molar-refractivity contribution in [2.45, 2.75) is 13.3 Å². The van der Waals surface area contributed by atoms with Gasteiger partial charge in [0.15, 0.2) is 0 Å². The van der Waals surface area contributed by atoms with E-state index in [-0.39, 0.29) is 0 Å². The SMILES string of the molecule is CCOc1ccc(Cc2ncc[nH]2)cc1. The predicted octanol–water partition coefficient (Wildman–Crippen LogP) is 2.40. The van der Waals surface area contributed by atoms with E-state index in [1.807, 2.05) is 25.3 Å². The number of aromatic nitrogens is 2. The highest BCUT2D eigenvalue weighted by Crippen LogP contribution is 2.13. The summed E-state index contributed by atoms with van der Waals surface area (Å²) in [6.45, 7) is 2.69. The van der Waals surface area contributed by atoms with Crippen molar-refractivity contribution >= 4 is 0 Å². The maximum absolute atomic E-state index is 5.37. The molecule has 2 aromatic rings. The molecule has 0 amide bonds. The molecular weight excluding hydrogens is 188 g/mol. The molecule has 0 saturated heterocycles. The molecule has 0 unspecified atom stereocenters. The summed E-state index contributed by atoms with van der Waals surface area (Å²) in [5.41, 5.74) is 1.23. The van der Waals surface area contributed by atoms with Gasteiger partial charge in [-0.15, -0.1) is 0 Å². The molecule has 1 aromatic heterocycles. The van der Waals surface area contributed by atoms with Crippen LogP contribution in [0.1, 0.15) is 18.3 Å². The molecule has 0 bridgehead atoms. The molecule has 15 heavy (non-hydrogen) atoms. The third-order valence-corrected chi connectivity index (χ3v) is 2.16. The largest absolute Gasteiger partial charge is 0.494 e.